The van der Waals surface area contributed by atoms with Crippen LogP contribution in [-0.2, 0) is 0 Å². The number of amides is 1. The Morgan fingerprint density at radius 1 is 1.00 bits per heavy atom. The van der Waals surface area contributed by atoms with Crippen molar-refractivity contribution in [2.45, 2.75) is 34.6 Å². The molecule has 0 radical (unpaired) electrons. The second-order valence-corrected chi connectivity index (χ2v) is 7.48. The second-order valence-electron chi connectivity index (χ2n) is 7.48. The van der Waals surface area contributed by atoms with Crippen molar-refractivity contribution in [3.63, 3.8) is 0 Å². The van der Waals surface area contributed by atoms with E-state index in [0.717, 1.165) is 28.1 Å². The molecular weight excluding hydrogens is 378 g/mol. The highest BCUT2D eigenvalue weighted by molar-refractivity contribution is 6.05. The Bertz CT molecular complexity index is 1210. The van der Waals surface area contributed by atoms with E-state index in [1.54, 1.807) is 17.8 Å². The van der Waals surface area contributed by atoms with Crippen LogP contribution in [0.5, 0.6) is 0 Å². The molecule has 0 atom stereocenters. The summed E-state index contributed by atoms with van der Waals surface area (Å²) in [5.74, 6) is 0.888. The first kappa shape index (κ1) is 19.6. The van der Waals surface area contributed by atoms with Gasteiger partial charge in [-0.2, -0.15) is 10.1 Å². The van der Waals surface area contributed by atoms with E-state index in [4.69, 9.17) is 4.52 Å². The van der Waals surface area contributed by atoms with Gasteiger partial charge in [0, 0.05) is 24.4 Å². The van der Waals surface area contributed by atoms with E-state index < -0.39 is 0 Å². The molecule has 1 N–H and O–H groups in total. The molecule has 4 rings (SSSR count). The third-order valence-corrected chi connectivity index (χ3v) is 4.98. The summed E-state index contributed by atoms with van der Waals surface area (Å²) in [5, 5.41) is 11.5. The average Bonchev–Trinajstić information content (AvgIpc) is 3.30. The predicted octanol–water partition coefficient (Wildman–Crippen LogP) is 4.72. The summed E-state index contributed by atoms with van der Waals surface area (Å²) < 4.78 is 6.73. The fourth-order valence-electron chi connectivity index (χ4n) is 3.55. The summed E-state index contributed by atoms with van der Waals surface area (Å²) in [4.78, 5) is 17.2. The minimum absolute atomic E-state index is 0.173. The third-order valence-electron chi connectivity index (χ3n) is 4.98. The number of benzene rings is 2. The zero-order valence-corrected chi connectivity index (χ0v) is 17.6. The number of carbonyl (C=O) groups excluding carboxylic acids is 1. The van der Waals surface area contributed by atoms with Crippen LogP contribution in [-0.4, -0.2) is 25.8 Å². The van der Waals surface area contributed by atoms with Crippen LogP contribution >= 0.6 is 0 Å². The maximum atomic E-state index is 12.9. The zero-order chi connectivity index (χ0) is 21.4. The maximum Gasteiger partial charge on any atom is 0.259 e. The van der Waals surface area contributed by atoms with Gasteiger partial charge in [0.2, 0.25) is 11.7 Å². The standard InChI is InChI=1S/C23H23N5O2/c1-13-10-14(2)21(15(3)11-13)25-23(29)20-12-28(26-16(20)4)19-8-6-18(7-9-19)22-24-17(5)30-27-22/h6-12H,1-5H3,(H,25,29). The van der Waals surface area contributed by atoms with Crippen molar-refractivity contribution in [1.82, 2.24) is 19.9 Å². The fourth-order valence-corrected chi connectivity index (χ4v) is 3.55. The molecule has 2 aromatic carbocycles. The lowest BCUT2D eigenvalue weighted by atomic mass is 10.0. The number of carbonyl (C=O) groups is 1. The van der Waals surface area contributed by atoms with Gasteiger partial charge in [-0.25, -0.2) is 4.68 Å². The molecule has 0 aliphatic heterocycles. The van der Waals surface area contributed by atoms with Gasteiger partial charge in [-0.3, -0.25) is 4.79 Å². The molecule has 0 saturated heterocycles. The van der Waals surface area contributed by atoms with Crippen molar-refractivity contribution in [2.24, 2.45) is 0 Å². The van der Waals surface area contributed by atoms with E-state index in [9.17, 15) is 4.79 Å². The molecule has 4 aromatic rings. The molecule has 0 spiro atoms. The first-order valence-corrected chi connectivity index (χ1v) is 9.68. The van der Waals surface area contributed by atoms with Gasteiger partial charge in [0.1, 0.15) is 0 Å². The molecule has 7 nitrogen and oxygen atoms in total. The second kappa shape index (κ2) is 7.59. The summed E-state index contributed by atoms with van der Waals surface area (Å²) in [6, 6.07) is 11.7. The molecule has 2 aromatic heterocycles. The molecule has 0 fully saturated rings. The highest BCUT2D eigenvalue weighted by Crippen LogP contribution is 2.24. The number of aromatic nitrogens is 4. The van der Waals surface area contributed by atoms with Gasteiger partial charge >= 0.3 is 0 Å². The molecule has 1 amide bonds. The van der Waals surface area contributed by atoms with Crippen molar-refractivity contribution in [3.05, 3.63) is 76.4 Å². The predicted molar refractivity (Wildman–Crippen MR) is 115 cm³/mol. The van der Waals surface area contributed by atoms with Crippen molar-refractivity contribution in [1.29, 1.82) is 0 Å². The molecule has 0 aliphatic carbocycles. The number of hydrogen-bond donors (Lipinski definition) is 1. The molecular formula is C23H23N5O2. The van der Waals surface area contributed by atoms with Gasteiger partial charge in [-0.1, -0.05) is 22.9 Å². The summed E-state index contributed by atoms with van der Waals surface area (Å²) in [6.07, 6.45) is 1.75. The van der Waals surface area contributed by atoms with Crippen LogP contribution in [0.3, 0.4) is 0 Å². The molecule has 2 heterocycles. The summed E-state index contributed by atoms with van der Waals surface area (Å²) in [5.41, 5.74) is 6.98. The molecule has 0 saturated carbocycles. The molecule has 152 valence electrons. The number of aryl methyl sites for hydroxylation is 5. The minimum Gasteiger partial charge on any atom is -0.339 e. The van der Waals surface area contributed by atoms with Crippen LogP contribution in [0.4, 0.5) is 5.69 Å². The normalized spacial score (nSPS) is 11.0. The molecule has 7 heteroatoms. The van der Waals surface area contributed by atoms with E-state index in [2.05, 4.69) is 32.7 Å². The van der Waals surface area contributed by atoms with Gasteiger partial charge in [0.15, 0.2) is 0 Å². The fraction of sp³-hybridized carbons (Fsp3) is 0.217. The van der Waals surface area contributed by atoms with Crippen LogP contribution in [0.1, 0.15) is 38.6 Å². The lowest BCUT2D eigenvalue weighted by Gasteiger charge is -2.12. The first-order chi connectivity index (χ1) is 14.3. The van der Waals surface area contributed by atoms with Crippen LogP contribution < -0.4 is 5.32 Å². The van der Waals surface area contributed by atoms with Crippen molar-refractivity contribution in [3.8, 4) is 17.1 Å². The lowest BCUT2D eigenvalue weighted by Crippen LogP contribution is -2.14. The van der Waals surface area contributed by atoms with E-state index in [1.807, 2.05) is 52.0 Å². The maximum absolute atomic E-state index is 12.9. The van der Waals surface area contributed by atoms with Crippen LogP contribution in [0.15, 0.2) is 47.1 Å². The van der Waals surface area contributed by atoms with Gasteiger partial charge in [-0.05, 0) is 63.1 Å². The quantitative estimate of drug-likeness (QED) is 0.535. The monoisotopic (exact) mass is 401 g/mol. The Kier molecular flexibility index (Phi) is 4.95. The van der Waals surface area contributed by atoms with Gasteiger partial charge in [0.25, 0.3) is 5.91 Å². The Morgan fingerprint density at radius 2 is 1.67 bits per heavy atom. The van der Waals surface area contributed by atoms with Gasteiger partial charge < -0.3 is 9.84 Å². The SMILES string of the molecule is Cc1cc(C)c(NC(=O)c2cn(-c3ccc(-c4noc(C)n4)cc3)nc2C)c(C)c1. The smallest absolute Gasteiger partial charge is 0.259 e. The van der Waals surface area contributed by atoms with E-state index in [1.165, 1.54) is 5.56 Å². The molecule has 30 heavy (non-hydrogen) atoms. The van der Waals surface area contributed by atoms with E-state index in [0.29, 0.717) is 23.0 Å². The highest BCUT2D eigenvalue weighted by Gasteiger charge is 2.16. The van der Waals surface area contributed by atoms with Crippen molar-refractivity contribution in [2.75, 3.05) is 5.32 Å². The van der Waals surface area contributed by atoms with Crippen molar-refractivity contribution < 1.29 is 9.32 Å². The Hall–Kier alpha value is -3.74. The number of hydrogen-bond acceptors (Lipinski definition) is 5. The number of rotatable bonds is 4. The third kappa shape index (κ3) is 3.74. The van der Waals surface area contributed by atoms with Crippen molar-refractivity contribution >= 4 is 11.6 Å². The first-order valence-electron chi connectivity index (χ1n) is 9.68. The summed E-state index contributed by atoms with van der Waals surface area (Å²) >= 11 is 0. The van der Waals surface area contributed by atoms with Crippen LogP contribution in [0.2, 0.25) is 0 Å². The number of nitrogens with one attached hydrogen (secondary N) is 1. The highest BCUT2D eigenvalue weighted by atomic mass is 16.5. The number of nitrogens with zero attached hydrogens (tertiary/aromatic N) is 4. The minimum atomic E-state index is -0.173. The van der Waals surface area contributed by atoms with E-state index in [-0.39, 0.29) is 5.91 Å². The topological polar surface area (TPSA) is 85.8 Å². The van der Waals surface area contributed by atoms with Crippen LogP contribution in [0, 0.1) is 34.6 Å². The average molecular weight is 401 g/mol. The Labute approximate surface area is 174 Å². The Morgan fingerprint density at radius 3 is 2.27 bits per heavy atom. The molecule has 0 aliphatic rings. The van der Waals surface area contributed by atoms with E-state index >= 15 is 0 Å². The zero-order valence-electron chi connectivity index (χ0n) is 17.6. The van der Waals surface area contributed by atoms with Crippen LogP contribution in [0.25, 0.3) is 17.1 Å². The summed E-state index contributed by atoms with van der Waals surface area (Å²) in [6.45, 7) is 9.63. The number of anilines is 1. The molecule has 0 bridgehead atoms. The largest absolute Gasteiger partial charge is 0.339 e. The Balaban J connectivity index is 1.58. The van der Waals surface area contributed by atoms with Gasteiger partial charge in [-0.15, -0.1) is 0 Å². The molecule has 0 unspecified atom stereocenters. The summed E-state index contributed by atoms with van der Waals surface area (Å²) in [7, 11) is 0. The lowest BCUT2D eigenvalue weighted by molar-refractivity contribution is 0.102. The van der Waals surface area contributed by atoms with Gasteiger partial charge in [0.05, 0.1) is 16.9 Å².